The maximum atomic E-state index is 5.68. The number of fused-ring (bicyclic) bond motifs is 1. The zero-order chi connectivity index (χ0) is 15.4. The molecule has 6 heteroatoms. The fourth-order valence-electron chi connectivity index (χ4n) is 2.08. The van der Waals surface area contributed by atoms with Crippen LogP contribution < -0.4 is 9.47 Å². The molecular weight excluding hydrogens is 280 g/mol. The molecule has 0 aliphatic heterocycles. The Labute approximate surface area is 127 Å². The second kappa shape index (κ2) is 6.14. The van der Waals surface area contributed by atoms with Gasteiger partial charge in [0, 0.05) is 6.07 Å². The number of rotatable bonds is 5. The molecule has 2 aromatic heterocycles. The van der Waals surface area contributed by atoms with Crippen molar-refractivity contribution in [2.75, 3.05) is 13.2 Å². The van der Waals surface area contributed by atoms with Crippen molar-refractivity contribution in [2.24, 2.45) is 0 Å². The van der Waals surface area contributed by atoms with Gasteiger partial charge < -0.3 is 14.5 Å². The molecule has 0 unspecified atom stereocenters. The van der Waals surface area contributed by atoms with Gasteiger partial charge in [-0.3, -0.25) is 0 Å². The van der Waals surface area contributed by atoms with Crippen LogP contribution in [-0.2, 0) is 0 Å². The first-order chi connectivity index (χ1) is 10.8. The molecule has 3 rings (SSSR count). The van der Waals surface area contributed by atoms with Crippen molar-refractivity contribution in [3.63, 3.8) is 0 Å². The summed E-state index contributed by atoms with van der Waals surface area (Å²) in [6.45, 7) is 2.67. The Morgan fingerprint density at radius 1 is 1.32 bits per heavy atom. The molecule has 0 aliphatic carbocycles. The number of ether oxygens (including phenoxy) is 2. The molecule has 22 heavy (non-hydrogen) atoms. The highest BCUT2D eigenvalue weighted by atomic mass is 16.5. The Bertz CT molecular complexity index is 803. The van der Waals surface area contributed by atoms with E-state index in [0.29, 0.717) is 35.1 Å². The molecule has 1 aromatic carbocycles. The van der Waals surface area contributed by atoms with Crippen LogP contribution in [0.4, 0.5) is 0 Å². The lowest BCUT2D eigenvalue weighted by molar-refractivity contribution is 0.333. The van der Waals surface area contributed by atoms with Crippen molar-refractivity contribution in [1.82, 2.24) is 19.9 Å². The zero-order valence-corrected chi connectivity index (χ0v) is 12.0. The number of nitrogens with one attached hydrogen (secondary N) is 1. The number of imidazole rings is 1. The van der Waals surface area contributed by atoms with Crippen LogP contribution >= 0.6 is 0 Å². The van der Waals surface area contributed by atoms with Gasteiger partial charge in [-0.25, -0.2) is 15.0 Å². The summed E-state index contributed by atoms with van der Waals surface area (Å²) in [5, 5.41) is 0. The van der Waals surface area contributed by atoms with E-state index in [2.05, 4.69) is 25.9 Å². The van der Waals surface area contributed by atoms with E-state index in [4.69, 9.17) is 15.9 Å². The third kappa shape index (κ3) is 2.69. The van der Waals surface area contributed by atoms with Gasteiger partial charge in [0.05, 0.1) is 18.4 Å². The number of hydrogen-bond donors (Lipinski definition) is 1. The van der Waals surface area contributed by atoms with E-state index in [1.165, 1.54) is 6.33 Å². The minimum atomic E-state index is 0.213. The first-order valence-electron chi connectivity index (χ1n) is 6.81. The highest BCUT2D eigenvalue weighted by Crippen LogP contribution is 2.32. The summed E-state index contributed by atoms with van der Waals surface area (Å²) in [5.41, 5.74) is 2.21. The number of aromatic amines is 1. The van der Waals surface area contributed by atoms with E-state index in [9.17, 15) is 0 Å². The molecule has 0 bridgehead atoms. The molecule has 0 spiro atoms. The van der Waals surface area contributed by atoms with E-state index in [-0.39, 0.29) is 6.61 Å². The maximum absolute atomic E-state index is 5.68. The van der Waals surface area contributed by atoms with Crippen LogP contribution in [0.1, 0.15) is 6.92 Å². The van der Waals surface area contributed by atoms with E-state index >= 15 is 0 Å². The maximum Gasteiger partial charge on any atom is 0.161 e. The van der Waals surface area contributed by atoms with Crippen LogP contribution in [0.3, 0.4) is 0 Å². The van der Waals surface area contributed by atoms with E-state index in [1.807, 2.05) is 19.1 Å². The van der Waals surface area contributed by atoms with Gasteiger partial charge in [-0.2, -0.15) is 0 Å². The number of terminal acetylenes is 1. The molecule has 0 aliphatic rings. The van der Waals surface area contributed by atoms with Crippen molar-refractivity contribution in [2.45, 2.75) is 6.92 Å². The smallest absolute Gasteiger partial charge is 0.161 e. The first-order valence-corrected chi connectivity index (χ1v) is 6.81. The van der Waals surface area contributed by atoms with Crippen LogP contribution in [0, 0.1) is 12.3 Å². The minimum absolute atomic E-state index is 0.213. The van der Waals surface area contributed by atoms with Gasteiger partial charge >= 0.3 is 0 Å². The fraction of sp³-hybridized carbons (Fsp3) is 0.188. The van der Waals surface area contributed by atoms with Crippen molar-refractivity contribution in [3.05, 3.63) is 30.7 Å². The average Bonchev–Trinajstić information content (AvgIpc) is 2.97. The lowest BCUT2D eigenvalue weighted by Crippen LogP contribution is -1.98. The molecule has 0 fully saturated rings. The molecule has 0 saturated carbocycles. The molecule has 6 nitrogen and oxygen atoms in total. The molecule has 0 atom stereocenters. The predicted octanol–water partition coefficient (Wildman–Crippen LogP) is 2.43. The quantitative estimate of drug-likeness (QED) is 0.732. The van der Waals surface area contributed by atoms with Gasteiger partial charge in [0.25, 0.3) is 0 Å². The Morgan fingerprint density at radius 2 is 2.23 bits per heavy atom. The number of aromatic nitrogens is 4. The van der Waals surface area contributed by atoms with Crippen molar-refractivity contribution in [1.29, 1.82) is 0 Å². The SMILES string of the molecule is C#CCOc1ccc(-c2nc3cncnc3[nH]2)c(OCC)c1. The Kier molecular flexibility index (Phi) is 3.88. The molecular formula is C16H14N4O2. The standard InChI is InChI=1S/C16H14N4O2/c1-3-7-22-11-5-6-12(14(8-11)21-4-2)15-19-13-9-17-10-18-16(13)20-15/h1,5-6,8-10H,4,7H2,2H3,(H,17,18,19,20). The minimum Gasteiger partial charge on any atom is -0.493 e. The van der Waals surface area contributed by atoms with Gasteiger partial charge in [-0.15, -0.1) is 6.42 Å². The normalized spacial score (nSPS) is 10.4. The molecule has 0 radical (unpaired) electrons. The van der Waals surface area contributed by atoms with Crippen LogP contribution in [0.5, 0.6) is 11.5 Å². The number of nitrogens with zero attached hydrogens (tertiary/aromatic N) is 3. The van der Waals surface area contributed by atoms with Gasteiger partial charge in [-0.1, -0.05) is 5.92 Å². The third-order valence-corrected chi connectivity index (χ3v) is 2.99. The second-order valence-electron chi connectivity index (χ2n) is 4.43. The zero-order valence-electron chi connectivity index (χ0n) is 12.0. The summed E-state index contributed by atoms with van der Waals surface area (Å²) in [5.74, 6) is 4.43. The monoisotopic (exact) mass is 294 g/mol. The summed E-state index contributed by atoms with van der Waals surface area (Å²) >= 11 is 0. The number of benzene rings is 1. The predicted molar refractivity (Wildman–Crippen MR) is 82.6 cm³/mol. The van der Waals surface area contributed by atoms with Crippen LogP contribution in [0.25, 0.3) is 22.6 Å². The van der Waals surface area contributed by atoms with Crippen LogP contribution in [0.15, 0.2) is 30.7 Å². The van der Waals surface area contributed by atoms with E-state index in [1.54, 1.807) is 12.3 Å². The highest BCUT2D eigenvalue weighted by molar-refractivity contribution is 5.77. The summed E-state index contributed by atoms with van der Waals surface area (Å²) < 4.78 is 11.1. The van der Waals surface area contributed by atoms with Crippen LogP contribution in [0.2, 0.25) is 0 Å². The molecule has 2 heterocycles. The lowest BCUT2D eigenvalue weighted by Gasteiger charge is -2.10. The number of H-pyrrole nitrogens is 1. The average molecular weight is 294 g/mol. The topological polar surface area (TPSA) is 72.9 Å². The Morgan fingerprint density at radius 3 is 3.00 bits per heavy atom. The summed E-state index contributed by atoms with van der Waals surface area (Å²) in [7, 11) is 0. The molecule has 0 saturated heterocycles. The summed E-state index contributed by atoms with van der Waals surface area (Å²) in [4.78, 5) is 15.7. The number of hydrogen-bond acceptors (Lipinski definition) is 5. The van der Waals surface area contributed by atoms with E-state index in [0.717, 1.165) is 5.56 Å². The van der Waals surface area contributed by atoms with E-state index < -0.39 is 0 Å². The Balaban J connectivity index is 2.02. The lowest BCUT2D eigenvalue weighted by atomic mass is 10.2. The summed E-state index contributed by atoms with van der Waals surface area (Å²) in [6.07, 6.45) is 8.34. The van der Waals surface area contributed by atoms with Gasteiger partial charge in [0.1, 0.15) is 35.8 Å². The van der Waals surface area contributed by atoms with Gasteiger partial charge in [0.15, 0.2) is 5.65 Å². The molecule has 3 aromatic rings. The van der Waals surface area contributed by atoms with Gasteiger partial charge in [-0.05, 0) is 19.1 Å². The van der Waals surface area contributed by atoms with Gasteiger partial charge in [0.2, 0.25) is 0 Å². The largest absolute Gasteiger partial charge is 0.493 e. The second-order valence-corrected chi connectivity index (χ2v) is 4.43. The fourth-order valence-corrected chi connectivity index (χ4v) is 2.08. The van der Waals surface area contributed by atoms with Crippen molar-refractivity contribution < 1.29 is 9.47 Å². The van der Waals surface area contributed by atoms with Crippen LogP contribution in [-0.4, -0.2) is 33.1 Å². The molecule has 1 N–H and O–H groups in total. The molecule has 0 amide bonds. The van der Waals surface area contributed by atoms with Crippen molar-refractivity contribution in [3.8, 4) is 35.2 Å². The Hall–Kier alpha value is -3.07. The first kappa shape index (κ1) is 13.9. The summed E-state index contributed by atoms with van der Waals surface area (Å²) in [6, 6.07) is 5.51. The van der Waals surface area contributed by atoms with Crippen molar-refractivity contribution >= 4 is 11.2 Å². The highest BCUT2D eigenvalue weighted by Gasteiger charge is 2.13. The third-order valence-electron chi connectivity index (χ3n) is 2.99. The molecule has 110 valence electrons.